The number of nitrogens with one attached hydrogen (secondary N) is 1. The third kappa shape index (κ3) is 4.23. The molecular weight excluding hydrogens is 457 g/mol. The highest BCUT2D eigenvalue weighted by atomic mass is 32.2. The molecule has 3 aromatic carbocycles. The van der Waals surface area contributed by atoms with Crippen molar-refractivity contribution in [2.24, 2.45) is 0 Å². The summed E-state index contributed by atoms with van der Waals surface area (Å²) in [6, 6.07) is 20.2. The molecule has 0 aliphatic rings. The van der Waals surface area contributed by atoms with Gasteiger partial charge in [0.2, 0.25) is 5.91 Å². The molecule has 0 fully saturated rings. The Kier molecular flexibility index (Phi) is 5.72. The van der Waals surface area contributed by atoms with Crippen LogP contribution in [0.5, 0.6) is 5.75 Å². The number of amides is 1. The second kappa shape index (κ2) is 8.99. The Balaban J connectivity index is 1.56. The molecule has 2 aromatic heterocycles. The third-order valence-electron chi connectivity index (χ3n) is 5.03. The van der Waals surface area contributed by atoms with E-state index in [9.17, 15) is 14.0 Å². The van der Waals surface area contributed by atoms with Gasteiger partial charge in [0.25, 0.3) is 0 Å². The number of benzene rings is 3. The highest BCUT2D eigenvalue weighted by Crippen LogP contribution is 2.32. The van der Waals surface area contributed by atoms with E-state index in [1.54, 1.807) is 25.3 Å². The van der Waals surface area contributed by atoms with Crippen molar-refractivity contribution in [1.29, 1.82) is 0 Å². The zero-order valence-electron chi connectivity index (χ0n) is 17.9. The largest absolute Gasteiger partial charge is 0.497 e. The van der Waals surface area contributed by atoms with Gasteiger partial charge in [-0.1, -0.05) is 36.0 Å². The second-order valence-corrected chi connectivity index (χ2v) is 8.41. The zero-order chi connectivity index (χ0) is 23.7. The van der Waals surface area contributed by atoms with Crippen molar-refractivity contribution in [1.82, 2.24) is 19.2 Å². The van der Waals surface area contributed by atoms with E-state index >= 15 is 0 Å². The van der Waals surface area contributed by atoms with Gasteiger partial charge < -0.3 is 10.1 Å². The van der Waals surface area contributed by atoms with E-state index in [-0.39, 0.29) is 6.54 Å². The molecule has 0 saturated heterocycles. The molecule has 34 heavy (non-hydrogen) atoms. The summed E-state index contributed by atoms with van der Waals surface area (Å²) in [7, 11) is 1.59. The summed E-state index contributed by atoms with van der Waals surface area (Å²) >= 11 is 1.34. The Morgan fingerprint density at radius 1 is 1.09 bits per heavy atom. The van der Waals surface area contributed by atoms with Gasteiger partial charge in [-0.05, 0) is 48.5 Å². The Hall–Kier alpha value is -4.18. The lowest BCUT2D eigenvalue weighted by molar-refractivity contribution is -0.117. The maximum atomic E-state index is 13.4. The molecule has 0 radical (unpaired) electrons. The molecule has 2 heterocycles. The number of methoxy groups -OCH3 is 1. The molecule has 1 N–H and O–H groups in total. The van der Waals surface area contributed by atoms with Crippen LogP contribution in [-0.2, 0) is 11.3 Å². The Labute approximate surface area is 197 Å². The first-order valence-electron chi connectivity index (χ1n) is 10.3. The minimum atomic E-state index is -0.504. The molecule has 5 rings (SSSR count). The smallest absolute Gasteiger partial charge is 0.351 e. The molecule has 10 heteroatoms. The molecule has 1 amide bonds. The van der Waals surface area contributed by atoms with Crippen LogP contribution in [0.2, 0.25) is 0 Å². The number of rotatable bonds is 6. The summed E-state index contributed by atoms with van der Waals surface area (Å²) in [6.45, 7) is -0.339. The van der Waals surface area contributed by atoms with Crippen LogP contribution in [0.4, 0.5) is 10.1 Å². The predicted molar refractivity (Wildman–Crippen MR) is 127 cm³/mol. The van der Waals surface area contributed by atoms with Crippen molar-refractivity contribution in [3.05, 3.63) is 89.1 Å². The molecule has 0 bridgehead atoms. The van der Waals surface area contributed by atoms with Crippen LogP contribution in [-0.4, -0.2) is 32.2 Å². The number of aromatic nitrogens is 4. The highest BCUT2D eigenvalue weighted by molar-refractivity contribution is 7.99. The molecule has 0 aliphatic carbocycles. The number of nitrogens with zero attached hydrogens (tertiary/aromatic N) is 4. The Morgan fingerprint density at radius 3 is 2.74 bits per heavy atom. The molecule has 0 spiro atoms. The van der Waals surface area contributed by atoms with Gasteiger partial charge >= 0.3 is 5.69 Å². The standard InChI is InChI=1S/C24H18FN5O3S/c1-33-17-8-5-9-18(13-17)34-23-22-28-29(14-21(31)26-16-7-4-6-15(25)12-16)24(32)30(22)20-11-3-2-10-19(20)27-23/h2-13H,14H2,1H3,(H,26,31). The van der Waals surface area contributed by atoms with Crippen LogP contribution < -0.4 is 15.7 Å². The number of carbonyl (C=O) groups is 1. The summed E-state index contributed by atoms with van der Waals surface area (Å²) in [5.41, 5.74) is 1.34. The number of fused-ring (bicyclic) bond motifs is 3. The third-order valence-corrected chi connectivity index (χ3v) is 5.99. The van der Waals surface area contributed by atoms with E-state index < -0.39 is 17.4 Å². The number of halogens is 1. The zero-order valence-corrected chi connectivity index (χ0v) is 18.8. The maximum Gasteiger partial charge on any atom is 0.351 e. The van der Waals surface area contributed by atoms with E-state index in [0.717, 1.165) is 9.58 Å². The van der Waals surface area contributed by atoms with E-state index in [1.165, 1.54) is 34.4 Å². The number of carbonyl (C=O) groups excluding carboxylic acids is 1. The van der Waals surface area contributed by atoms with E-state index in [1.807, 2.05) is 36.4 Å². The SMILES string of the molecule is COc1cccc(Sc2nc3ccccc3n3c(=O)n(CC(=O)Nc4cccc(F)c4)nc23)c1. The molecular formula is C24H18FN5O3S. The van der Waals surface area contributed by atoms with Crippen LogP contribution in [0, 0.1) is 5.82 Å². The second-order valence-electron chi connectivity index (χ2n) is 7.34. The van der Waals surface area contributed by atoms with Gasteiger partial charge in [0.05, 0.1) is 18.1 Å². The average Bonchev–Trinajstić information content (AvgIpc) is 3.15. The van der Waals surface area contributed by atoms with Crippen molar-refractivity contribution >= 4 is 40.0 Å². The van der Waals surface area contributed by atoms with E-state index in [4.69, 9.17) is 9.72 Å². The average molecular weight is 476 g/mol. The van der Waals surface area contributed by atoms with Gasteiger partial charge in [0.15, 0.2) is 5.65 Å². The molecule has 0 atom stereocenters. The van der Waals surface area contributed by atoms with Crippen LogP contribution in [0.15, 0.2) is 87.5 Å². The number of para-hydroxylation sites is 2. The van der Waals surface area contributed by atoms with E-state index in [2.05, 4.69) is 10.4 Å². The van der Waals surface area contributed by atoms with Gasteiger partial charge in [0, 0.05) is 10.6 Å². The number of ether oxygens (including phenoxy) is 1. The lowest BCUT2D eigenvalue weighted by Crippen LogP contribution is -2.28. The van der Waals surface area contributed by atoms with E-state index in [0.29, 0.717) is 33.1 Å². The lowest BCUT2D eigenvalue weighted by atomic mass is 10.3. The lowest BCUT2D eigenvalue weighted by Gasteiger charge is -2.07. The topological polar surface area (TPSA) is 90.5 Å². The van der Waals surface area contributed by atoms with Crippen molar-refractivity contribution < 1.29 is 13.9 Å². The predicted octanol–water partition coefficient (Wildman–Crippen LogP) is 3.98. The van der Waals surface area contributed by atoms with Gasteiger partial charge in [0.1, 0.15) is 23.1 Å². The van der Waals surface area contributed by atoms with Crippen LogP contribution in [0.25, 0.3) is 16.7 Å². The molecule has 0 unspecified atom stereocenters. The summed E-state index contributed by atoms with van der Waals surface area (Å²) in [6.07, 6.45) is 0. The fraction of sp³-hybridized carbons (Fsp3) is 0.0833. The molecule has 8 nitrogen and oxygen atoms in total. The van der Waals surface area contributed by atoms with Crippen LogP contribution in [0.3, 0.4) is 0 Å². The number of hydrogen-bond acceptors (Lipinski definition) is 6. The summed E-state index contributed by atoms with van der Waals surface area (Å²) in [5.74, 6) is -0.284. The monoisotopic (exact) mass is 475 g/mol. The summed E-state index contributed by atoms with van der Waals surface area (Å²) in [4.78, 5) is 31.4. The molecule has 5 aromatic rings. The Morgan fingerprint density at radius 2 is 1.91 bits per heavy atom. The van der Waals surface area contributed by atoms with Crippen LogP contribution >= 0.6 is 11.8 Å². The first-order valence-corrected chi connectivity index (χ1v) is 11.1. The number of hydrogen-bond donors (Lipinski definition) is 1. The van der Waals surface area contributed by atoms with Gasteiger partial charge in [-0.15, -0.1) is 5.10 Å². The normalized spacial score (nSPS) is 11.1. The highest BCUT2D eigenvalue weighted by Gasteiger charge is 2.18. The maximum absolute atomic E-state index is 13.4. The van der Waals surface area contributed by atoms with Gasteiger partial charge in [-0.25, -0.2) is 23.3 Å². The minimum absolute atomic E-state index is 0.295. The summed E-state index contributed by atoms with van der Waals surface area (Å²) in [5, 5.41) is 7.51. The molecule has 170 valence electrons. The van der Waals surface area contributed by atoms with Gasteiger partial charge in [-0.3, -0.25) is 4.79 Å². The van der Waals surface area contributed by atoms with Crippen molar-refractivity contribution in [2.75, 3.05) is 12.4 Å². The molecule has 0 saturated carbocycles. The minimum Gasteiger partial charge on any atom is -0.497 e. The summed E-state index contributed by atoms with van der Waals surface area (Å²) < 4.78 is 21.2. The van der Waals surface area contributed by atoms with Crippen molar-refractivity contribution in [3.8, 4) is 5.75 Å². The van der Waals surface area contributed by atoms with Crippen molar-refractivity contribution in [3.63, 3.8) is 0 Å². The van der Waals surface area contributed by atoms with Crippen LogP contribution in [0.1, 0.15) is 0 Å². The number of anilines is 1. The van der Waals surface area contributed by atoms with Crippen molar-refractivity contribution in [2.45, 2.75) is 16.5 Å². The quantitative estimate of drug-likeness (QED) is 0.400. The first kappa shape index (κ1) is 21.7. The fourth-order valence-corrected chi connectivity index (χ4v) is 4.43. The Bertz CT molecular complexity index is 1600. The molecule has 0 aliphatic heterocycles. The van der Waals surface area contributed by atoms with Gasteiger partial charge in [-0.2, -0.15) is 0 Å². The first-order chi connectivity index (χ1) is 16.5. The fourth-order valence-electron chi connectivity index (χ4n) is 3.52.